The van der Waals surface area contributed by atoms with Crippen molar-refractivity contribution in [1.29, 1.82) is 0 Å². The first kappa shape index (κ1) is 16.6. The van der Waals surface area contributed by atoms with E-state index in [9.17, 15) is 0 Å². The summed E-state index contributed by atoms with van der Waals surface area (Å²) in [5, 5.41) is 3.26. The molecule has 0 aliphatic rings. The van der Waals surface area contributed by atoms with Crippen LogP contribution in [0.3, 0.4) is 0 Å². The van der Waals surface area contributed by atoms with Gasteiger partial charge in [-0.25, -0.2) is 9.97 Å². The summed E-state index contributed by atoms with van der Waals surface area (Å²) in [5.41, 5.74) is 1.68. The zero-order valence-corrected chi connectivity index (χ0v) is 14.3. The molecule has 7 heteroatoms. The number of ether oxygens (including phenoxy) is 3. The Hall–Kier alpha value is -3.22. The first-order valence-corrected chi connectivity index (χ1v) is 7.64. The molecule has 0 fully saturated rings. The lowest BCUT2D eigenvalue weighted by Gasteiger charge is -2.14. The molecule has 3 rings (SSSR count). The third-order valence-electron chi connectivity index (χ3n) is 3.64. The van der Waals surface area contributed by atoms with Gasteiger partial charge < -0.3 is 23.9 Å². The van der Waals surface area contributed by atoms with Gasteiger partial charge in [0, 0.05) is 12.6 Å². The zero-order chi connectivity index (χ0) is 17.6. The van der Waals surface area contributed by atoms with Crippen molar-refractivity contribution in [3.05, 3.63) is 48.5 Å². The van der Waals surface area contributed by atoms with Gasteiger partial charge in [0.2, 0.25) is 5.75 Å². The Morgan fingerprint density at radius 1 is 1.00 bits per heavy atom. The monoisotopic (exact) mass is 341 g/mol. The Morgan fingerprint density at radius 2 is 1.76 bits per heavy atom. The number of furan rings is 1. The summed E-state index contributed by atoms with van der Waals surface area (Å²) in [6, 6.07) is 9.29. The van der Waals surface area contributed by atoms with E-state index >= 15 is 0 Å². The van der Waals surface area contributed by atoms with Crippen LogP contribution in [0.15, 0.2) is 47.3 Å². The molecule has 0 bridgehead atoms. The number of methoxy groups -OCH3 is 3. The van der Waals surface area contributed by atoms with E-state index in [1.807, 2.05) is 30.3 Å². The molecular weight excluding hydrogens is 322 g/mol. The molecule has 0 saturated heterocycles. The largest absolute Gasteiger partial charge is 0.493 e. The SMILES string of the molecule is COc1cc(CNc2cc(-c3ccco3)ncn2)cc(OC)c1OC. The Morgan fingerprint density at radius 3 is 2.36 bits per heavy atom. The minimum atomic E-state index is 0.533. The normalized spacial score (nSPS) is 10.4. The standard InChI is InChI=1S/C18H19N3O4/c1-22-15-7-12(8-16(23-2)18(15)24-3)10-19-17-9-13(20-11-21-17)14-5-4-6-25-14/h4-9,11H,10H2,1-3H3,(H,19,20,21). The second-order valence-corrected chi connectivity index (χ2v) is 5.15. The average molecular weight is 341 g/mol. The third-order valence-corrected chi connectivity index (χ3v) is 3.64. The quantitative estimate of drug-likeness (QED) is 0.706. The molecule has 25 heavy (non-hydrogen) atoms. The van der Waals surface area contributed by atoms with E-state index in [2.05, 4.69) is 15.3 Å². The maximum Gasteiger partial charge on any atom is 0.203 e. The van der Waals surface area contributed by atoms with Crippen LogP contribution in [-0.4, -0.2) is 31.3 Å². The molecule has 7 nitrogen and oxygen atoms in total. The lowest BCUT2D eigenvalue weighted by Crippen LogP contribution is -2.04. The van der Waals surface area contributed by atoms with Crippen molar-refractivity contribution in [1.82, 2.24) is 9.97 Å². The summed E-state index contributed by atoms with van der Waals surface area (Å²) in [7, 11) is 4.76. The second kappa shape index (κ2) is 7.57. The first-order valence-electron chi connectivity index (χ1n) is 7.64. The third kappa shape index (κ3) is 3.65. The number of benzene rings is 1. The van der Waals surface area contributed by atoms with Gasteiger partial charge in [0.1, 0.15) is 17.8 Å². The fraction of sp³-hybridized carbons (Fsp3) is 0.222. The molecule has 0 atom stereocenters. The van der Waals surface area contributed by atoms with Gasteiger partial charge in [-0.05, 0) is 29.8 Å². The van der Waals surface area contributed by atoms with Gasteiger partial charge in [-0.3, -0.25) is 0 Å². The van der Waals surface area contributed by atoms with Crippen LogP contribution in [0, 0.1) is 0 Å². The Balaban J connectivity index is 1.79. The van der Waals surface area contributed by atoms with Gasteiger partial charge >= 0.3 is 0 Å². The molecule has 0 saturated carbocycles. The van der Waals surface area contributed by atoms with Crippen molar-refractivity contribution in [2.45, 2.75) is 6.54 Å². The molecule has 0 spiro atoms. The van der Waals surface area contributed by atoms with Gasteiger partial charge in [0.25, 0.3) is 0 Å². The Labute approximate surface area is 145 Å². The Bertz CT molecular complexity index is 809. The minimum Gasteiger partial charge on any atom is -0.493 e. The van der Waals surface area contributed by atoms with Gasteiger partial charge in [-0.2, -0.15) is 0 Å². The molecule has 0 amide bonds. The highest BCUT2D eigenvalue weighted by molar-refractivity contribution is 5.57. The first-order chi connectivity index (χ1) is 12.2. The van der Waals surface area contributed by atoms with Crippen LogP contribution in [0.25, 0.3) is 11.5 Å². The number of hydrogen-bond acceptors (Lipinski definition) is 7. The van der Waals surface area contributed by atoms with E-state index < -0.39 is 0 Å². The molecular formula is C18H19N3O4. The van der Waals surface area contributed by atoms with Crippen LogP contribution >= 0.6 is 0 Å². The van der Waals surface area contributed by atoms with Gasteiger partial charge in [-0.1, -0.05) is 0 Å². The summed E-state index contributed by atoms with van der Waals surface area (Å²) in [5.74, 6) is 3.17. The number of nitrogens with one attached hydrogen (secondary N) is 1. The van der Waals surface area contributed by atoms with Crippen molar-refractivity contribution in [3.63, 3.8) is 0 Å². The molecule has 0 aliphatic carbocycles. The molecule has 2 heterocycles. The highest BCUT2D eigenvalue weighted by Gasteiger charge is 2.13. The highest BCUT2D eigenvalue weighted by atomic mass is 16.5. The molecule has 0 radical (unpaired) electrons. The van der Waals surface area contributed by atoms with Crippen LogP contribution < -0.4 is 19.5 Å². The number of anilines is 1. The van der Waals surface area contributed by atoms with Gasteiger partial charge in [-0.15, -0.1) is 0 Å². The Kier molecular flexibility index (Phi) is 5.03. The fourth-order valence-electron chi connectivity index (χ4n) is 2.44. The zero-order valence-electron chi connectivity index (χ0n) is 14.3. The number of aromatic nitrogens is 2. The summed E-state index contributed by atoms with van der Waals surface area (Å²) >= 11 is 0. The molecule has 0 unspecified atom stereocenters. The van der Waals surface area contributed by atoms with Crippen LogP contribution in [0.5, 0.6) is 17.2 Å². The summed E-state index contributed by atoms with van der Waals surface area (Å²) in [4.78, 5) is 8.45. The van der Waals surface area contributed by atoms with Crippen LogP contribution in [0.4, 0.5) is 5.82 Å². The van der Waals surface area contributed by atoms with Crippen LogP contribution in [-0.2, 0) is 6.54 Å². The van der Waals surface area contributed by atoms with E-state index in [1.165, 1.54) is 6.33 Å². The summed E-state index contributed by atoms with van der Waals surface area (Å²) < 4.78 is 21.4. The molecule has 1 N–H and O–H groups in total. The van der Waals surface area contributed by atoms with Gasteiger partial charge in [0.15, 0.2) is 17.3 Å². The van der Waals surface area contributed by atoms with E-state index in [-0.39, 0.29) is 0 Å². The van der Waals surface area contributed by atoms with Crippen molar-refractivity contribution >= 4 is 5.82 Å². The van der Waals surface area contributed by atoms with Crippen molar-refractivity contribution in [2.75, 3.05) is 26.6 Å². The van der Waals surface area contributed by atoms with E-state index in [0.717, 1.165) is 5.56 Å². The average Bonchev–Trinajstić information content (AvgIpc) is 3.20. The van der Waals surface area contributed by atoms with E-state index in [1.54, 1.807) is 27.6 Å². The van der Waals surface area contributed by atoms with Crippen molar-refractivity contribution < 1.29 is 18.6 Å². The summed E-state index contributed by atoms with van der Waals surface area (Å²) in [6.45, 7) is 0.533. The highest BCUT2D eigenvalue weighted by Crippen LogP contribution is 2.38. The molecule has 3 aromatic rings. The maximum absolute atomic E-state index is 5.37. The molecule has 1 aromatic carbocycles. The van der Waals surface area contributed by atoms with Crippen LogP contribution in [0.1, 0.15) is 5.56 Å². The van der Waals surface area contributed by atoms with Gasteiger partial charge in [0.05, 0.1) is 27.6 Å². The summed E-state index contributed by atoms with van der Waals surface area (Å²) in [6.07, 6.45) is 3.11. The smallest absolute Gasteiger partial charge is 0.203 e. The van der Waals surface area contributed by atoms with E-state index in [4.69, 9.17) is 18.6 Å². The van der Waals surface area contributed by atoms with Crippen molar-refractivity contribution in [2.24, 2.45) is 0 Å². The number of hydrogen-bond donors (Lipinski definition) is 1. The van der Waals surface area contributed by atoms with Crippen molar-refractivity contribution in [3.8, 4) is 28.7 Å². The number of nitrogens with zero attached hydrogens (tertiary/aromatic N) is 2. The second-order valence-electron chi connectivity index (χ2n) is 5.15. The van der Waals surface area contributed by atoms with E-state index in [0.29, 0.717) is 41.1 Å². The maximum atomic E-state index is 5.37. The topological polar surface area (TPSA) is 78.6 Å². The lowest BCUT2D eigenvalue weighted by atomic mass is 10.1. The lowest BCUT2D eigenvalue weighted by molar-refractivity contribution is 0.324. The number of rotatable bonds is 7. The minimum absolute atomic E-state index is 0.533. The predicted molar refractivity (Wildman–Crippen MR) is 93.2 cm³/mol. The molecule has 130 valence electrons. The molecule has 2 aromatic heterocycles. The molecule has 0 aliphatic heterocycles. The fourth-order valence-corrected chi connectivity index (χ4v) is 2.44. The van der Waals surface area contributed by atoms with Crippen LogP contribution in [0.2, 0.25) is 0 Å². The predicted octanol–water partition coefficient (Wildman–Crippen LogP) is 3.37.